The van der Waals surface area contributed by atoms with Gasteiger partial charge in [-0.2, -0.15) is 0 Å². The molecule has 1 heterocycles. The summed E-state index contributed by atoms with van der Waals surface area (Å²) in [7, 11) is 0. The number of halogens is 1. The van der Waals surface area contributed by atoms with Gasteiger partial charge in [-0.15, -0.1) is 10.2 Å². The van der Waals surface area contributed by atoms with Crippen molar-refractivity contribution in [3.8, 4) is 5.88 Å². The number of hydrogen-bond donors (Lipinski definition) is 0. The highest BCUT2D eigenvalue weighted by Crippen LogP contribution is 2.11. The van der Waals surface area contributed by atoms with E-state index in [1.54, 1.807) is 29.9 Å². The Kier molecular flexibility index (Phi) is 2.36. The molecule has 0 atom stereocenters. The van der Waals surface area contributed by atoms with Gasteiger partial charge >= 0.3 is 0 Å². The molecular weight excluding hydrogens is 245 g/mol. The zero-order chi connectivity index (χ0) is 7.56. The maximum absolute atomic E-state index is 4.83. The van der Waals surface area contributed by atoms with Crippen molar-refractivity contribution in [1.29, 1.82) is 0 Å². The quantitative estimate of drug-likeness (QED) is 0.704. The first kappa shape index (κ1) is 7.64. The predicted octanol–water partition coefficient (Wildman–Crippen LogP) is 1.22. The maximum atomic E-state index is 4.83. The van der Waals surface area contributed by atoms with Gasteiger partial charge in [0.05, 0.1) is 0 Å². The highest BCUT2D eigenvalue weighted by Gasteiger charge is 2.01. The van der Waals surface area contributed by atoms with Gasteiger partial charge in [0, 0.05) is 0 Å². The normalized spacial score (nSPS) is 9.50. The van der Waals surface area contributed by atoms with Crippen LogP contribution in [0, 0.1) is 13.8 Å². The number of aromatic nitrogens is 3. The third-order valence-electron chi connectivity index (χ3n) is 0.998. The fourth-order valence-electron chi connectivity index (χ4n) is 0.574. The molecule has 54 valence electrons. The van der Waals surface area contributed by atoms with Gasteiger partial charge in [-0.05, 0) is 13.8 Å². The summed E-state index contributed by atoms with van der Waals surface area (Å²) in [6, 6.07) is 0. The van der Waals surface area contributed by atoms with Gasteiger partial charge < -0.3 is 3.07 Å². The van der Waals surface area contributed by atoms with Crippen LogP contribution in [0.25, 0.3) is 0 Å². The van der Waals surface area contributed by atoms with E-state index in [9.17, 15) is 0 Å². The minimum absolute atomic E-state index is 0.478. The Labute approximate surface area is 72.7 Å². The van der Waals surface area contributed by atoms with Crippen LogP contribution in [0.15, 0.2) is 0 Å². The Bertz CT molecular complexity index is 240. The molecule has 0 unspecified atom stereocenters. The molecule has 0 spiro atoms. The summed E-state index contributed by atoms with van der Waals surface area (Å²) in [5, 5.41) is 7.47. The minimum Gasteiger partial charge on any atom is -0.405 e. The van der Waals surface area contributed by atoms with Crippen molar-refractivity contribution in [2.75, 3.05) is 0 Å². The lowest BCUT2D eigenvalue weighted by atomic mass is 10.5. The summed E-state index contributed by atoms with van der Waals surface area (Å²) in [4.78, 5) is 4.04. The number of nitrogens with zero attached hydrogens (tertiary/aromatic N) is 3. The number of hydrogen-bond acceptors (Lipinski definition) is 4. The van der Waals surface area contributed by atoms with Gasteiger partial charge in [-0.1, -0.05) is 0 Å². The molecule has 0 radical (unpaired) electrons. The lowest BCUT2D eigenvalue weighted by molar-refractivity contribution is 0.632. The van der Waals surface area contributed by atoms with E-state index >= 15 is 0 Å². The third-order valence-corrected chi connectivity index (χ3v) is 1.41. The smallest absolute Gasteiger partial charge is 0.265 e. The van der Waals surface area contributed by atoms with Crippen molar-refractivity contribution in [3.05, 3.63) is 11.5 Å². The van der Waals surface area contributed by atoms with Crippen molar-refractivity contribution in [1.82, 2.24) is 15.2 Å². The zero-order valence-electron chi connectivity index (χ0n) is 5.63. The molecule has 0 saturated heterocycles. The van der Waals surface area contributed by atoms with Crippen molar-refractivity contribution in [2.24, 2.45) is 0 Å². The second-order valence-electron chi connectivity index (χ2n) is 1.83. The second kappa shape index (κ2) is 3.09. The van der Waals surface area contributed by atoms with Crippen molar-refractivity contribution < 1.29 is 3.07 Å². The molecule has 0 bridgehead atoms. The largest absolute Gasteiger partial charge is 0.405 e. The summed E-state index contributed by atoms with van der Waals surface area (Å²) in [5.41, 5.74) is 0.766. The Morgan fingerprint density at radius 3 is 2.50 bits per heavy atom. The topological polar surface area (TPSA) is 47.9 Å². The minimum atomic E-state index is 0.478. The van der Waals surface area contributed by atoms with Gasteiger partial charge in [-0.3, -0.25) is 0 Å². The molecule has 4 nitrogen and oxygen atoms in total. The standard InChI is InChI=1S/C5H6IN3O/c1-3-5(10-6)9-8-4(2)7-3/h1-2H3. The molecule has 0 aliphatic carbocycles. The molecule has 0 aliphatic heterocycles. The van der Waals surface area contributed by atoms with Gasteiger partial charge in [0.1, 0.15) is 11.5 Å². The molecule has 0 fully saturated rings. The number of rotatable bonds is 1. The first-order chi connectivity index (χ1) is 4.74. The van der Waals surface area contributed by atoms with Crippen LogP contribution in [-0.4, -0.2) is 15.2 Å². The number of aryl methyl sites for hydroxylation is 2. The van der Waals surface area contributed by atoms with Crippen molar-refractivity contribution in [3.63, 3.8) is 0 Å². The van der Waals surface area contributed by atoms with Crippen molar-refractivity contribution in [2.45, 2.75) is 13.8 Å². The highest BCUT2D eigenvalue weighted by molar-refractivity contribution is 14.1. The second-order valence-corrected chi connectivity index (χ2v) is 2.27. The predicted molar refractivity (Wildman–Crippen MR) is 43.9 cm³/mol. The average molecular weight is 251 g/mol. The first-order valence-electron chi connectivity index (χ1n) is 2.70. The van der Waals surface area contributed by atoms with Crippen LogP contribution < -0.4 is 3.07 Å². The van der Waals surface area contributed by atoms with Gasteiger partial charge in [-0.25, -0.2) is 4.98 Å². The van der Waals surface area contributed by atoms with E-state index in [0.717, 1.165) is 5.69 Å². The van der Waals surface area contributed by atoms with Gasteiger partial charge in [0.2, 0.25) is 0 Å². The fourth-order valence-corrected chi connectivity index (χ4v) is 0.981. The molecule has 0 saturated carbocycles. The van der Waals surface area contributed by atoms with Gasteiger partial charge in [0.25, 0.3) is 5.88 Å². The SMILES string of the molecule is Cc1nnc(OI)c(C)n1. The van der Waals surface area contributed by atoms with Crippen LogP contribution in [0.3, 0.4) is 0 Å². The molecule has 1 rings (SSSR count). The highest BCUT2D eigenvalue weighted by atomic mass is 127. The van der Waals surface area contributed by atoms with Crippen LogP contribution in [0.1, 0.15) is 11.5 Å². The molecule has 10 heavy (non-hydrogen) atoms. The van der Waals surface area contributed by atoms with E-state index < -0.39 is 0 Å². The molecule has 0 N–H and O–H groups in total. The average Bonchev–Trinajstić information content (AvgIpc) is 1.88. The molecular formula is C5H6IN3O. The monoisotopic (exact) mass is 251 g/mol. The van der Waals surface area contributed by atoms with Gasteiger partial charge in [0.15, 0.2) is 23.0 Å². The lowest BCUT2D eigenvalue weighted by Gasteiger charge is -1.97. The van der Waals surface area contributed by atoms with Crippen LogP contribution >= 0.6 is 23.0 Å². The zero-order valence-corrected chi connectivity index (χ0v) is 7.79. The summed E-state index contributed by atoms with van der Waals surface area (Å²) >= 11 is 1.75. The molecule has 1 aromatic heterocycles. The Morgan fingerprint density at radius 2 is 2.00 bits per heavy atom. The summed E-state index contributed by atoms with van der Waals surface area (Å²) in [6.07, 6.45) is 0. The third kappa shape index (κ3) is 1.53. The van der Waals surface area contributed by atoms with E-state index in [2.05, 4.69) is 15.2 Å². The summed E-state index contributed by atoms with van der Waals surface area (Å²) in [5.74, 6) is 1.14. The molecule has 5 heteroatoms. The van der Waals surface area contributed by atoms with E-state index in [1.807, 2.05) is 6.92 Å². The lowest BCUT2D eigenvalue weighted by Crippen LogP contribution is -1.96. The van der Waals surface area contributed by atoms with E-state index in [-0.39, 0.29) is 0 Å². The Balaban J connectivity index is 3.07. The Hall–Kier alpha value is -0.460. The summed E-state index contributed by atoms with van der Waals surface area (Å²) in [6.45, 7) is 3.62. The van der Waals surface area contributed by atoms with E-state index in [0.29, 0.717) is 11.7 Å². The fraction of sp³-hybridized carbons (Fsp3) is 0.400. The van der Waals surface area contributed by atoms with E-state index in [4.69, 9.17) is 3.07 Å². The molecule has 0 aliphatic rings. The first-order valence-corrected chi connectivity index (χ1v) is 3.58. The Morgan fingerprint density at radius 1 is 1.30 bits per heavy atom. The van der Waals surface area contributed by atoms with Crippen molar-refractivity contribution >= 4 is 23.0 Å². The summed E-state index contributed by atoms with van der Waals surface area (Å²) < 4.78 is 4.83. The maximum Gasteiger partial charge on any atom is 0.265 e. The molecule has 0 aromatic carbocycles. The van der Waals surface area contributed by atoms with E-state index in [1.165, 1.54) is 0 Å². The van der Waals surface area contributed by atoms with Crippen LogP contribution in [0.5, 0.6) is 5.88 Å². The van der Waals surface area contributed by atoms with Crippen LogP contribution in [0.4, 0.5) is 0 Å². The molecule has 0 amide bonds. The van der Waals surface area contributed by atoms with Crippen LogP contribution in [0.2, 0.25) is 0 Å². The van der Waals surface area contributed by atoms with Crippen LogP contribution in [-0.2, 0) is 0 Å². The molecule has 1 aromatic rings.